The molecule has 0 aliphatic carbocycles. The van der Waals surface area contributed by atoms with E-state index >= 15 is 0 Å². The highest BCUT2D eigenvalue weighted by Gasteiger charge is 2.18. The first kappa shape index (κ1) is 9.48. The maximum atomic E-state index is 11.3. The van der Waals surface area contributed by atoms with Crippen molar-refractivity contribution >= 4 is 5.91 Å². The van der Waals surface area contributed by atoms with Gasteiger partial charge in [0.25, 0.3) is 0 Å². The second-order valence-electron chi connectivity index (χ2n) is 2.93. The molecule has 1 rings (SSSR count). The Hall–Kier alpha value is -0.610. The molecule has 69 valence electrons. The Balaban J connectivity index is 2.29. The third kappa shape index (κ3) is 2.46. The topological polar surface area (TPSA) is 32.8 Å². The standard InChI is InChI=1S/C8H15N2O2/c1-9-3-5-10(6-4-9)8(11)7-12-2/h1,3-7H2,2H3. The average Bonchev–Trinajstić information content (AvgIpc) is 2.06. The summed E-state index contributed by atoms with van der Waals surface area (Å²) in [5, 5.41) is 0. The molecule has 0 bridgehead atoms. The molecule has 0 aromatic rings. The van der Waals surface area contributed by atoms with Gasteiger partial charge in [-0.15, -0.1) is 0 Å². The summed E-state index contributed by atoms with van der Waals surface area (Å²) in [4.78, 5) is 15.0. The zero-order valence-electron chi connectivity index (χ0n) is 7.45. The highest BCUT2D eigenvalue weighted by molar-refractivity contribution is 5.77. The zero-order valence-corrected chi connectivity index (χ0v) is 7.45. The van der Waals surface area contributed by atoms with Crippen molar-refractivity contribution in [3.8, 4) is 0 Å². The van der Waals surface area contributed by atoms with Crippen molar-refractivity contribution in [2.24, 2.45) is 0 Å². The maximum absolute atomic E-state index is 11.3. The van der Waals surface area contributed by atoms with Crippen molar-refractivity contribution in [1.29, 1.82) is 0 Å². The van der Waals surface area contributed by atoms with Gasteiger partial charge < -0.3 is 9.64 Å². The summed E-state index contributed by atoms with van der Waals surface area (Å²) in [6.07, 6.45) is 0. The first-order valence-electron chi connectivity index (χ1n) is 4.06. The summed E-state index contributed by atoms with van der Waals surface area (Å²) >= 11 is 0. The fourth-order valence-electron chi connectivity index (χ4n) is 1.21. The first-order chi connectivity index (χ1) is 5.74. The summed E-state index contributed by atoms with van der Waals surface area (Å²) in [5.41, 5.74) is 0. The fraction of sp³-hybridized carbons (Fsp3) is 0.750. The van der Waals surface area contributed by atoms with Crippen LogP contribution < -0.4 is 0 Å². The van der Waals surface area contributed by atoms with Crippen LogP contribution in [0, 0.1) is 7.05 Å². The second kappa shape index (κ2) is 4.42. The van der Waals surface area contributed by atoms with Gasteiger partial charge in [-0.3, -0.25) is 9.69 Å². The number of nitrogens with zero attached hydrogens (tertiary/aromatic N) is 2. The number of piperazine rings is 1. The first-order valence-corrected chi connectivity index (χ1v) is 4.06. The molecule has 0 N–H and O–H groups in total. The minimum atomic E-state index is 0.0746. The van der Waals surface area contributed by atoms with Crippen LogP contribution in [0.2, 0.25) is 0 Å². The predicted molar refractivity (Wildman–Crippen MR) is 45.4 cm³/mol. The molecule has 4 heteroatoms. The lowest BCUT2D eigenvalue weighted by Gasteiger charge is -2.32. The molecular weight excluding hydrogens is 156 g/mol. The van der Waals surface area contributed by atoms with Gasteiger partial charge in [-0.1, -0.05) is 0 Å². The highest BCUT2D eigenvalue weighted by Crippen LogP contribution is 2.00. The Bertz CT molecular complexity index is 153. The van der Waals surface area contributed by atoms with Crippen molar-refractivity contribution in [2.45, 2.75) is 0 Å². The molecule has 0 spiro atoms. The van der Waals surface area contributed by atoms with Crippen molar-refractivity contribution in [1.82, 2.24) is 9.80 Å². The smallest absolute Gasteiger partial charge is 0.248 e. The summed E-state index contributed by atoms with van der Waals surface area (Å²) in [6.45, 7) is 3.44. The van der Waals surface area contributed by atoms with E-state index < -0.39 is 0 Å². The SMILES string of the molecule is [CH2]N1CCN(C(=O)COC)CC1. The Kier molecular flexibility index (Phi) is 3.49. The number of ether oxygens (including phenoxy) is 1. The summed E-state index contributed by atoms with van der Waals surface area (Å²) in [6, 6.07) is 0. The Morgan fingerprint density at radius 2 is 2.00 bits per heavy atom. The molecule has 1 amide bonds. The summed E-state index contributed by atoms with van der Waals surface area (Å²) in [7, 11) is 5.34. The van der Waals surface area contributed by atoms with E-state index in [0.29, 0.717) is 0 Å². The van der Waals surface area contributed by atoms with Gasteiger partial charge in [-0.2, -0.15) is 0 Å². The molecule has 1 aliphatic heterocycles. The van der Waals surface area contributed by atoms with Gasteiger partial charge in [0.05, 0.1) is 0 Å². The second-order valence-corrected chi connectivity index (χ2v) is 2.93. The predicted octanol–water partition coefficient (Wildman–Crippen LogP) is -0.431. The number of carbonyl (C=O) groups is 1. The number of hydrogen-bond acceptors (Lipinski definition) is 3. The molecule has 4 nitrogen and oxygen atoms in total. The van der Waals surface area contributed by atoms with Gasteiger partial charge in [-0.05, 0) is 0 Å². The van der Waals surface area contributed by atoms with E-state index in [-0.39, 0.29) is 12.5 Å². The largest absolute Gasteiger partial charge is 0.375 e. The lowest BCUT2D eigenvalue weighted by atomic mass is 10.3. The normalized spacial score (nSPS) is 19.7. The van der Waals surface area contributed by atoms with Crippen LogP contribution in [0.4, 0.5) is 0 Å². The molecule has 0 aromatic carbocycles. The van der Waals surface area contributed by atoms with Crippen LogP contribution >= 0.6 is 0 Å². The number of carbonyl (C=O) groups excluding carboxylic acids is 1. The fourth-order valence-corrected chi connectivity index (χ4v) is 1.21. The van der Waals surface area contributed by atoms with E-state index in [4.69, 9.17) is 4.74 Å². The Morgan fingerprint density at radius 3 is 2.50 bits per heavy atom. The van der Waals surface area contributed by atoms with Gasteiger partial charge >= 0.3 is 0 Å². The van der Waals surface area contributed by atoms with Crippen LogP contribution in [0.25, 0.3) is 0 Å². The molecular formula is C8H15N2O2. The molecule has 1 saturated heterocycles. The molecule has 1 fully saturated rings. The zero-order chi connectivity index (χ0) is 8.97. The van der Waals surface area contributed by atoms with E-state index in [0.717, 1.165) is 26.2 Å². The molecule has 0 saturated carbocycles. The molecule has 1 aliphatic rings. The van der Waals surface area contributed by atoms with Crippen molar-refractivity contribution < 1.29 is 9.53 Å². The van der Waals surface area contributed by atoms with Gasteiger partial charge in [0.15, 0.2) is 0 Å². The number of hydrogen-bond donors (Lipinski definition) is 0. The Labute approximate surface area is 73.1 Å². The van der Waals surface area contributed by atoms with Gasteiger partial charge in [-0.25, -0.2) is 0 Å². The van der Waals surface area contributed by atoms with Gasteiger partial charge in [0.2, 0.25) is 5.91 Å². The monoisotopic (exact) mass is 171 g/mol. The van der Waals surface area contributed by atoms with E-state index in [2.05, 4.69) is 7.05 Å². The summed E-state index contributed by atoms with van der Waals surface area (Å²) < 4.78 is 4.76. The van der Waals surface area contributed by atoms with Crippen LogP contribution in [0.15, 0.2) is 0 Å². The van der Waals surface area contributed by atoms with Crippen LogP contribution in [-0.2, 0) is 9.53 Å². The van der Waals surface area contributed by atoms with E-state index in [1.807, 2.05) is 9.80 Å². The van der Waals surface area contributed by atoms with Crippen LogP contribution in [-0.4, -0.2) is 55.6 Å². The molecule has 0 aromatic heterocycles. The number of methoxy groups -OCH3 is 1. The van der Waals surface area contributed by atoms with Crippen LogP contribution in [0.1, 0.15) is 0 Å². The van der Waals surface area contributed by atoms with E-state index in [1.54, 1.807) is 0 Å². The summed E-state index contributed by atoms with van der Waals surface area (Å²) in [5.74, 6) is 0.0746. The average molecular weight is 171 g/mol. The molecule has 1 heterocycles. The molecule has 0 unspecified atom stereocenters. The molecule has 1 radical (unpaired) electrons. The van der Waals surface area contributed by atoms with Gasteiger partial charge in [0, 0.05) is 40.3 Å². The number of amides is 1. The third-order valence-corrected chi connectivity index (χ3v) is 1.99. The van der Waals surface area contributed by atoms with Crippen molar-refractivity contribution in [3.63, 3.8) is 0 Å². The quantitative estimate of drug-likeness (QED) is 0.565. The van der Waals surface area contributed by atoms with Crippen molar-refractivity contribution in [2.75, 3.05) is 39.9 Å². The van der Waals surface area contributed by atoms with Gasteiger partial charge in [0.1, 0.15) is 6.61 Å². The lowest BCUT2D eigenvalue weighted by Crippen LogP contribution is -2.47. The van der Waals surface area contributed by atoms with Crippen molar-refractivity contribution in [3.05, 3.63) is 7.05 Å². The van der Waals surface area contributed by atoms with E-state index in [9.17, 15) is 4.79 Å². The van der Waals surface area contributed by atoms with E-state index in [1.165, 1.54) is 7.11 Å². The lowest BCUT2D eigenvalue weighted by molar-refractivity contribution is -0.136. The van der Waals surface area contributed by atoms with Crippen LogP contribution in [0.5, 0.6) is 0 Å². The van der Waals surface area contributed by atoms with Crippen LogP contribution in [0.3, 0.4) is 0 Å². The highest BCUT2D eigenvalue weighted by atomic mass is 16.5. The Morgan fingerprint density at radius 1 is 1.42 bits per heavy atom. The third-order valence-electron chi connectivity index (χ3n) is 1.99. The minimum Gasteiger partial charge on any atom is -0.375 e. The maximum Gasteiger partial charge on any atom is 0.248 e. The minimum absolute atomic E-state index is 0.0746. The molecule has 12 heavy (non-hydrogen) atoms. The number of rotatable bonds is 2. The molecule has 0 atom stereocenters.